The number of rotatable bonds is 4. The predicted molar refractivity (Wildman–Crippen MR) is 106 cm³/mol. The first-order chi connectivity index (χ1) is 12.6. The predicted octanol–water partition coefficient (Wildman–Crippen LogP) is 3.32. The second-order valence-electron chi connectivity index (χ2n) is 7.96. The molecule has 0 aromatic carbocycles. The number of hydrogen-bond acceptors (Lipinski definition) is 5. The van der Waals surface area contributed by atoms with Crippen molar-refractivity contribution in [3.8, 4) is 0 Å². The average Bonchev–Trinajstić information content (AvgIpc) is 2.57. The molecule has 1 aliphatic heterocycles. The van der Waals surface area contributed by atoms with Gasteiger partial charge in [-0.2, -0.15) is 0 Å². The molecule has 0 radical (unpaired) electrons. The number of likely N-dealkylation sites (tertiary alicyclic amines) is 1. The van der Waals surface area contributed by atoms with E-state index in [-0.39, 0.29) is 17.1 Å². The molecule has 0 bridgehead atoms. The van der Waals surface area contributed by atoms with Crippen molar-refractivity contribution in [3.05, 3.63) is 22.8 Å². The van der Waals surface area contributed by atoms with E-state index in [1.165, 1.54) is 0 Å². The molecule has 150 valence electrons. The SMILES string of the molecule is CN(C)c1cc(C(=O)N2CCCC[C@@H]2CNC(=O)OC(C)(C)C)cc(Cl)n1. The van der Waals surface area contributed by atoms with Crippen LogP contribution in [0.15, 0.2) is 12.1 Å². The summed E-state index contributed by atoms with van der Waals surface area (Å²) in [5.74, 6) is 0.532. The summed E-state index contributed by atoms with van der Waals surface area (Å²) in [4.78, 5) is 32.9. The molecule has 1 atom stereocenters. The number of halogens is 1. The summed E-state index contributed by atoms with van der Waals surface area (Å²) < 4.78 is 5.28. The molecule has 0 saturated carbocycles. The zero-order valence-corrected chi connectivity index (χ0v) is 17.5. The molecule has 0 aliphatic carbocycles. The Morgan fingerprint density at radius 2 is 2.04 bits per heavy atom. The van der Waals surface area contributed by atoms with Crippen LogP contribution in [0.3, 0.4) is 0 Å². The van der Waals surface area contributed by atoms with Gasteiger partial charge in [-0.25, -0.2) is 9.78 Å². The van der Waals surface area contributed by atoms with E-state index in [1.54, 1.807) is 17.0 Å². The molecule has 27 heavy (non-hydrogen) atoms. The Bertz CT molecular complexity index is 688. The maximum Gasteiger partial charge on any atom is 0.407 e. The van der Waals surface area contributed by atoms with Crippen LogP contribution in [0.1, 0.15) is 50.4 Å². The van der Waals surface area contributed by atoms with Crippen LogP contribution in [0.25, 0.3) is 0 Å². The van der Waals surface area contributed by atoms with Crippen LogP contribution in [0.2, 0.25) is 5.15 Å². The number of aromatic nitrogens is 1. The van der Waals surface area contributed by atoms with Crippen molar-refractivity contribution in [1.82, 2.24) is 15.2 Å². The number of piperidine rings is 1. The topological polar surface area (TPSA) is 74.8 Å². The molecular weight excluding hydrogens is 368 g/mol. The number of pyridine rings is 1. The second-order valence-corrected chi connectivity index (χ2v) is 8.35. The maximum absolute atomic E-state index is 13.1. The number of amides is 2. The number of carbonyl (C=O) groups is 2. The summed E-state index contributed by atoms with van der Waals surface area (Å²) >= 11 is 6.10. The van der Waals surface area contributed by atoms with Gasteiger partial charge in [-0.15, -0.1) is 0 Å². The fraction of sp³-hybridized carbons (Fsp3) is 0.632. The van der Waals surface area contributed by atoms with Crippen LogP contribution >= 0.6 is 11.6 Å². The van der Waals surface area contributed by atoms with Gasteiger partial charge in [-0.1, -0.05) is 11.6 Å². The van der Waals surface area contributed by atoms with Crippen molar-refractivity contribution in [3.63, 3.8) is 0 Å². The van der Waals surface area contributed by atoms with E-state index in [9.17, 15) is 9.59 Å². The summed E-state index contributed by atoms with van der Waals surface area (Å²) in [6.45, 7) is 6.46. The van der Waals surface area contributed by atoms with Crippen molar-refractivity contribution in [2.75, 3.05) is 32.1 Å². The first-order valence-corrected chi connectivity index (χ1v) is 9.57. The van der Waals surface area contributed by atoms with E-state index >= 15 is 0 Å². The van der Waals surface area contributed by atoms with Gasteiger partial charge in [0.2, 0.25) is 0 Å². The second kappa shape index (κ2) is 8.78. The fourth-order valence-electron chi connectivity index (χ4n) is 3.00. The van der Waals surface area contributed by atoms with Gasteiger partial charge in [-0.05, 0) is 52.2 Å². The zero-order valence-electron chi connectivity index (χ0n) is 16.7. The quantitative estimate of drug-likeness (QED) is 0.790. The summed E-state index contributed by atoms with van der Waals surface area (Å²) in [5.41, 5.74) is -0.0504. The molecule has 2 heterocycles. The van der Waals surface area contributed by atoms with Gasteiger partial charge in [-0.3, -0.25) is 4.79 Å². The highest BCUT2D eigenvalue weighted by Crippen LogP contribution is 2.23. The van der Waals surface area contributed by atoms with Crippen LogP contribution in [0.5, 0.6) is 0 Å². The van der Waals surface area contributed by atoms with Gasteiger partial charge in [0.25, 0.3) is 5.91 Å². The Labute approximate surface area is 166 Å². The van der Waals surface area contributed by atoms with E-state index in [0.717, 1.165) is 19.3 Å². The number of nitrogens with zero attached hydrogens (tertiary/aromatic N) is 3. The minimum atomic E-state index is -0.553. The van der Waals surface area contributed by atoms with Gasteiger partial charge in [0, 0.05) is 38.8 Å². The summed E-state index contributed by atoms with van der Waals surface area (Å²) in [5, 5.41) is 3.07. The number of hydrogen-bond donors (Lipinski definition) is 1. The Morgan fingerprint density at radius 1 is 1.33 bits per heavy atom. The molecule has 1 aromatic heterocycles. The first kappa shape index (κ1) is 21.3. The average molecular weight is 397 g/mol. The van der Waals surface area contributed by atoms with E-state index in [2.05, 4.69) is 10.3 Å². The van der Waals surface area contributed by atoms with E-state index in [1.807, 2.05) is 39.8 Å². The Hall–Kier alpha value is -2.02. The lowest BCUT2D eigenvalue weighted by Crippen LogP contribution is -2.50. The van der Waals surface area contributed by atoms with Crippen LogP contribution < -0.4 is 10.2 Å². The number of carbonyl (C=O) groups excluding carboxylic acids is 2. The lowest BCUT2D eigenvalue weighted by molar-refractivity contribution is 0.0462. The number of nitrogens with one attached hydrogen (secondary N) is 1. The van der Waals surface area contributed by atoms with Crippen LogP contribution in [-0.4, -0.2) is 60.7 Å². The van der Waals surface area contributed by atoms with E-state index in [4.69, 9.17) is 16.3 Å². The maximum atomic E-state index is 13.1. The molecule has 2 rings (SSSR count). The molecule has 7 nitrogen and oxygen atoms in total. The van der Waals surface area contributed by atoms with Gasteiger partial charge >= 0.3 is 6.09 Å². The third-order valence-corrected chi connectivity index (χ3v) is 4.45. The van der Waals surface area contributed by atoms with E-state index in [0.29, 0.717) is 24.5 Å². The monoisotopic (exact) mass is 396 g/mol. The van der Waals surface area contributed by atoms with Gasteiger partial charge < -0.3 is 19.9 Å². The fourth-order valence-corrected chi connectivity index (χ4v) is 3.20. The van der Waals surface area contributed by atoms with Gasteiger partial charge in [0.15, 0.2) is 0 Å². The van der Waals surface area contributed by atoms with Crippen molar-refractivity contribution in [2.24, 2.45) is 0 Å². The molecule has 1 fully saturated rings. The van der Waals surface area contributed by atoms with Gasteiger partial charge in [0.1, 0.15) is 16.6 Å². The van der Waals surface area contributed by atoms with Crippen LogP contribution in [0.4, 0.5) is 10.6 Å². The molecule has 1 aromatic rings. The molecular formula is C19H29ClN4O3. The van der Waals surface area contributed by atoms with Crippen molar-refractivity contribution in [1.29, 1.82) is 0 Å². The number of ether oxygens (including phenoxy) is 1. The van der Waals surface area contributed by atoms with Crippen molar-refractivity contribution in [2.45, 2.75) is 51.7 Å². The molecule has 1 N–H and O–H groups in total. The normalized spacial score (nSPS) is 17.4. The lowest BCUT2D eigenvalue weighted by Gasteiger charge is -2.36. The van der Waals surface area contributed by atoms with Crippen molar-refractivity contribution < 1.29 is 14.3 Å². The highest BCUT2D eigenvalue weighted by molar-refractivity contribution is 6.29. The summed E-state index contributed by atoms with van der Waals surface area (Å²) in [6, 6.07) is 3.25. The number of anilines is 1. The minimum absolute atomic E-state index is 0.0754. The lowest BCUT2D eigenvalue weighted by atomic mass is 10.0. The third-order valence-electron chi connectivity index (χ3n) is 4.25. The molecule has 0 unspecified atom stereocenters. The summed E-state index contributed by atoms with van der Waals surface area (Å²) in [7, 11) is 3.70. The molecule has 0 spiro atoms. The van der Waals surface area contributed by atoms with E-state index < -0.39 is 11.7 Å². The minimum Gasteiger partial charge on any atom is -0.444 e. The zero-order chi connectivity index (χ0) is 20.2. The number of alkyl carbamates (subject to hydrolysis) is 1. The Balaban J connectivity index is 2.10. The highest BCUT2D eigenvalue weighted by Gasteiger charge is 2.29. The Kier molecular flexibility index (Phi) is 6.92. The highest BCUT2D eigenvalue weighted by atomic mass is 35.5. The largest absolute Gasteiger partial charge is 0.444 e. The first-order valence-electron chi connectivity index (χ1n) is 9.19. The standard InChI is InChI=1S/C19H29ClN4O3/c1-19(2,3)27-18(26)21-12-14-8-6-7-9-24(14)17(25)13-10-15(20)22-16(11-13)23(4)5/h10-11,14H,6-9,12H2,1-5H3,(H,21,26)/t14-/m1/s1. The van der Waals surface area contributed by atoms with Crippen LogP contribution in [0, 0.1) is 0 Å². The molecule has 1 saturated heterocycles. The third kappa shape index (κ3) is 6.27. The molecule has 8 heteroatoms. The smallest absolute Gasteiger partial charge is 0.407 e. The Morgan fingerprint density at radius 3 is 2.67 bits per heavy atom. The van der Waals surface area contributed by atoms with Gasteiger partial charge in [0.05, 0.1) is 0 Å². The summed E-state index contributed by atoms with van der Waals surface area (Å²) in [6.07, 6.45) is 2.32. The molecule has 1 aliphatic rings. The van der Waals surface area contributed by atoms with Crippen molar-refractivity contribution >= 4 is 29.4 Å². The van der Waals surface area contributed by atoms with Crippen LogP contribution in [-0.2, 0) is 4.74 Å². The molecule has 2 amide bonds.